The Morgan fingerprint density at radius 1 is 1.26 bits per heavy atom. The third kappa shape index (κ3) is 4.20. The van der Waals surface area contributed by atoms with Crippen LogP contribution in [0.4, 0.5) is 0 Å². The molecule has 9 nitrogen and oxygen atoms in total. The maximum Gasteiger partial charge on any atom is 0.220 e. The highest BCUT2D eigenvalue weighted by Crippen LogP contribution is 2.10. The van der Waals surface area contributed by atoms with Gasteiger partial charge in [-0.3, -0.25) is 9.48 Å². The summed E-state index contributed by atoms with van der Waals surface area (Å²) in [5.41, 5.74) is 3.00. The molecule has 0 saturated heterocycles. The predicted molar refractivity (Wildman–Crippen MR) is 97.9 cm³/mol. The van der Waals surface area contributed by atoms with Crippen LogP contribution < -0.4 is 10.6 Å². The van der Waals surface area contributed by atoms with Gasteiger partial charge in [0.15, 0.2) is 5.82 Å². The average molecular weight is 366 g/mol. The number of hydrogen-bond acceptors (Lipinski definition) is 6. The van der Waals surface area contributed by atoms with Crippen molar-refractivity contribution in [2.75, 3.05) is 6.54 Å². The zero-order valence-corrected chi connectivity index (χ0v) is 15.0. The van der Waals surface area contributed by atoms with Gasteiger partial charge in [-0.25, -0.2) is 0 Å². The molecule has 0 saturated carbocycles. The molecule has 3 heterocycles. The number of aromatic nitrogens is 6. The van der Waals surface area contributed by atoms with Gasteiger partial charge in [0, 0.05) is 25.9 Å². The summed E-state index contributed by atoms with van der Waals surface area (Å²) >= 11 is 0. The number of nitrogens with one attached hydrogen (secondary N) is 2. The molecule has 1 aliphatic rings. The van der Waals surface area contributed by atoms with E-state index in [1.54, 1.807) is 4.68 Å². The summed E-state index contributed by atoms with van der Waals surface area (Å²) < 4.78 is 3.67. The minimum absolute atomic E-state index is 0.0427. The van der Waals surface area contributed by atoms with E-state index in [1.807, 2.05) is 35.0 Å². The SMILES string of the molecule is O=C(CCc1cc2n(n1)CCCNC2)NCc1nnnn1-c1ccccc1. The molecule has 140 valence electrons. The first kappa shape index (κ1) is 17.3. The summed E-state index contributed by atoms with van der Waals surface area (Å²) in [5.74, 6) is 0.549. The lowest BCUT2D eigenvalue weighted by atomic mass is 10.2. The Morgan fingerprint density at radius 2 is 2.15 bits per heavy atom. The third-order valence-corrected chi connectivity index (χ3v) is 4.53. The Labute approximate surface area is 156 Å². The lowest BCUT2D eigenvalue weighted by molar-refractivity contribution is -0.121. The zero-order valence-electron chi connectivity index (χ0n) is 15.0. The van der Waals surface area contributed by atoms with Crippen molar-refractivity contribution in [3.05, 3.63) is 53.6 Å². The lowest BCUT2D eigenvalue weighted by Crippen LogP contribution is -2.25. The van der Waals surface area contributed by atoms with E-state index < -0.39 is 0 Å². The molecular formula is C18H22N8O. The van der Waals surface area contributed by atoms with Crippen molar-refractivity contribution in [3.8, 4) is 5.69 Å². The van der Waals surface area contributed by atoms with Crippen molar-refractivity contribution in [2.45, 2.75) is 38.9 Å². The molecule has 0 unspecified atom stereocenters. The second-order valence-corrected chi connectivity index (χ2v) is 6.50. The van der Waals surface area contributed by atoms with Gasteiger partial charge < -0.3 is 10.6 Å². The van der Waals surface area contributed by atoms with Crippen LogP contribution in [0.1, 0.15) is 30.1 Å². The van der Waals surface area contributed by atoms with E-state index >= 15 is 0 Å². The first-order valence-corrected chi connectivity index (χ1v) is 9.15. The van der Waals surface area contributed by atoms with Crippen LogP contribution >= 0.6 is 0 Å². The molecule has 0 radical (unpaired) electrons. The van der Waals surface area contributed by atoms with E-state index in [1.165, 1.54) is 5.69 Å². The molecule has 4 rings (SSSR count). The van der Waals surface area contributed by atoms with E-state index in [0.29, 0.717) is 18.7 Å². The Morgan fingerprint density at radius 3 is 3.04 bits per heavy atom. The maximum atomic E-state index is 12.2. The van der Waals surface area contributed by atoms with Gasteiger partial charge in [-0.05, 0) is 41.6 Å². The quantitative estimate of drug-likeness (QED) is 0.662. The molecule has 2 aromatic heterocycles. The number of amides is 1. The fourth-order valence-electron chi connectivity index (χ4n) is 3.14. The number of tetrazole rings is 1. The van der Waals surface area contributed by atoms with Crippen LogP contribution in [-0.4, -0.2) is 42.4 Å². The van der Waals surface area contributed by atoms with Crippen LogP contribution in [0.15, 0.2) is 36.4 Å². The zero-order chi connectivity index (χ0) is 18.5. The Hall–Kier alpha value is -3.07. The summed E-state index contributed by atoms with van der Waals surface area (Å²) in [5, 5.41) is 22.6. The minimum Gasteiger partial charge on any atom is -0.349 e. The second kappa shape index (κ2) is 8.09. The Bertz CT molecular complexity index is 878. The molecule has 0 spiro atoms. The molecular weight excluding hydrogens is 344 g/mol. The molecule has 2 N–H and O–H groups in total. The van der Waals surface area contributed by atoms with Gasteiger partial charge in [0.05, 0.1) is 23.6 Å². The lowest BCUT2D eigenvalue weighted by Gasteiger charge is -2.06. The topological polar surface area (TPSA) is 103 Å². The second-order valence-electron chi connectivity index (χ2n) is 6.50. The molecule has 3 aromatic rings. The fraction of sp³-hybridized carbons (Fsp3) is 0.389. The summed E-state index contributed by atoms with van der Waals surface area (Å²) in [4.78, 5) is 12.2. The Balaban J connectivity index is 1.30. The van der Waals surface area contributed by atoms with Gasteiger partial charge in [-0.15, -0.1) is 5.10 Å². The fourth-order valence-corrected chi connectivity index (χ4v) is 3.14. The molecule has 0 fully saturated rings. The molecule has 27 heavy (non-hydrogen) atoms. The van der Waals surface area contributed by atoms with Crippen molar-refractivity contribution in [2.24, 2.45) is 0 Å². The molecule has 0 atom stereocenters. The molecule has 0 bridgehead atoms. The third-order valence-electron chi connectivity index (χ3n) is 4.53. The van der Waals surface area contributed by atoms with Gasteiger partial charge in [-0.2, -0.15) is 9.78 Å². The smallest absolute Gasteiger partial charge is 0.220 e. The van der Waals surface area contributed by atoms with Crippen LogP contribution in [0.2, 0.25) is 0 Å². The number of aryl methyl sites for hydroxylation is 2. The standard InChI is InChI=1S/C18H22N8O/c27-18(8-7-14-11-16-12-19-9-4-10-25(16)22-14)20-13-17-21-23-24-26(17)15-5-2-1-3-6-15/h1-3,5-6,11,19H,4,7-10,12-13H2,(H,20,27). The van der Waals surface area contributed by atoms with Crippen LogP contribution in [0.5, 0.6) is 0 Å². The van der Waals surface area contributed by atoms with E-state index in [-0.39, 0.29) is 12.5 Å². The van der Waals surface area contributed by atoms with Crippen LogP contribution in [0.25, 0.3) is 5.69 Å². The molecule has 9 heteroatoms. The predicted octanol–water partition coefficient (Wildman–Crippen LogP) is 0.601. The summed E-state index contributed by atoms with van der Waals surface area (Å²) in [6.45, 7) is 3.06. The van der Waals surface area contributed by atoms with Crippen molar-refractivity contribution < 1.29 is 4.79 Å². The van der Waals surface area contributed by atoms with Crippen LogP contribution in [0, 0.1) is 0 Å². The first-order valence-electron chi connectivity index (χ1n) is 9.15. The largest absolute Gasteiger partial charge is 0.349 e. The van der Waals surface area contributed by atoms with Gasteiger partial charge in [0.2, 0.25) is 5.91 Å². The molecule has 1 aromatic carbocycles. The molecule has 1 aliphatic heterocycles. The number of hydrogen-bond donors (Lipinski definition) is 2. The van der Waals surface area contributed by atoms with Crippen LogP contribution in [0.3, 0.4) is 0 Å². The highest BCUT2D eigenvalue weighted by molar-refractivity contribution is 5.76. The summed E-state index contributed by atoms with van der Waals surface area (Å²) in [6, 6.07) is 11.7. The monoisotopic (exact) mass is 366 g/mol. The Kier molecular flexibility index (Phi) is 5.20. The average Bonchev–Trinajstić information content (AvgIpc) is 3.27. The number of fused-ring (bicyclic) bond motifs is 1. The highest BCUT2D eigenvalue weighted by Gasteiger charge is 2.13. The van der Waals surface area contributed by atoms with Crippen molar-refractivity contribution in [1.29, 1.82) is 0 Å². The summed E-state index contributed by atoms with van der Waals surface area (Å²) in [6.07, 6.45) is 2.08. The first-order chi connectivity index (χ1) is 13.3. The summed E-state index contributed by atoms with van der Waals surface area (Å²) in [7, 11) is 0. The number of para-hydroxylation sites is 1. The van der Waals surface area contributed by atoms with Crippen molar-refractivity contribution >= 4 is 5.91 Å². The maximum absolute atomic E-state index is 12.2. The molecule has 0 aliphatic carbocycles. The normalized spacial score (nSPS) is 13.8. The number of benzene rings is 1. The number of carbonyl (C=O) groups excluding carboxylic acids is 1. The van der Waals surface area contributed by atoms with E-state index in [2.05, 4.69) is 37.3 Å². The molecule has 1 amide bonds. The van der Waals surface area contributed by atoms with E-state index in [4.69, 9.17) is 0 Å². The van der Waals surface area contributed by atoms with Crippen molar-refractivity contribution in [1.82, 2.24) is 40.6 Å². The number of nitrogens with zero attached hydrogens (tertiary/aromatic N) is 6. The van der Waals surface area contributed by atoms with Crippen molar-refractivity contribution in [3.63, 3.8) is 0 Å². The van der Waals surface area contributed by atoms with E-state index in [9.17, 15) is 4.79 Å². The van der Waals surface area contributed by atoms with Gasteiger partial charge >= 0.3 is 0 Å². The highest BCUT2D eigenvalue weighted by atomic mass is 16.1. The number of rotatable bonds is 6. The van der Waals surface area contributed by atoms with Gasteiger partial charge in [-0.1, -0.05) is 18.2 Å². The van der Waals surface area contributed by atoms with Gasteiger partial charge in [0.25, 0.3) is 0 Å². The number of carbonyl (C=O) groups is 1. The van der Waals surface area contributed by atoms with Crippen LogP contribution in [-0.2, 0) is 30.8 Å². The van der Waals surface area contributed by atoms with Gasteiger partial charge in [0.1, 0.15) is 0 Å². The minimum atomic E-state index is -0.0427. The van der Waals surface area contributed by atoms with E-state index in [0.717, 1.165) is 37.4 Å².